The summed E-state index contributed by atoms with van der Waals surface area (Å²) in [6.07, 6.45) is 13.0. The van der Waals surface area contributed by atoms with Crippen LogP contribution in [0.4, 0.5) is 0 Å². The van der Waals surface area contributed by atoms with Gasteiger partial charge in [-0.15, -0.1) is 0 Å². The predicted molar refractivity (Wildman–Crippen MR) is 186 cm³/mol. The number of allylic oxidation sites excluding steroid dienone is 2. The fourth-order valence-electron chi connectivity index (χ4n) is 7.86. The van der Waals surface area contributed by atoms with Gasteiger partial charge in [0.25, 0.3) is 0 Å². The summed E-state index contributed by atoms with van der Waals surface area (Å²) in [6, 6.07) is 31.8. The van der Waals surface area contributed by atoms with E-state index in [2.05, 4.69) is 130 Å². The first-order valence-corrected chi connectivity index (χ1v) is 15.7. The van der Waals surface area contributed by atoms with Crippen molar-refractivity contribution in [1.29, 1.82) is 0 Å². The molecule has 1 aromatic heterocycles. The van der Waals surface area contributed by atoms with Crippen molar-refractivity contribution in [2.75, 3.05) is 0 Å². The molecule has 9 rings (SSSR count). The second-order valence-electron chi connectivity index (χ2n) is 12.8. The van der Waals surface area contributed by atoms with E-state index in [9.17, 15) is 0 Å². The Hall–Kier alpha value is -5.08. The van der Waals surface area contributed by atoms with Crippen LogP contribution in [0.15, 0.2) is 109 Å². The Morgan fingerprint density at radius 3 is 2.45 bits per heavy atom. The normalized spacial score (nSPS) is 17.0. The maximum Gasteiger partial charge on any atom is 0.0965 e. The molecule has 2 atom stereocenters. The zero-order chi connectivity index (χ0) is 29.5. The number of rotatable bonds is 3. The van der Waals surface area contributed by atoms with Gasteiger partial charge in [0.1, 0.15) is 0 Å². The number of aromatic nitrogens is 2. The van der Waals surface area contributed by atoms with Crippen molar-refractivity contribution < 1.29 is 0 Å². The molecule has 2 aliphatic rings. The van der Waals surface area contributed by atoms with E-state index in [-0.39, 0.29) is 0 Å². The van der Waals surface area contributed by atoms with Crippen molar-refractivity contribution in [3.63, 3.8) is 0 Å². The molecule has 0 amide bonds. The van der Waals surface area contributed by atoms with Crippen molar-refractivity contribution in [3.8, 4) is 22.3 Å². The van der Waals surface area contributed by atoms with Crippen LogP contribution >= 0.6 is 0 Å². The van der Waals surface area contributed by atoms with Crippen LogP contribution in [0.3, 0.4) is 0 Å². The van der Waals surface area contributed by atoms with Gasteiger partial charge in [-0.1, -0.05) is 106 Å². The molecule has 0 aliphatic heterocycles. The van der Waals surface area contributed by atoms with Crippen LogP contribution in [0.25, 0.3) is 77.8 Å². The molecular formula is C42H32N2. The number of hydrogen-bond acceptors (Lipinski definition) is 2. The summed E-state index contributed by atoms with van der Waals surface area (Å²) < 4.78 is 0. The van der Waals surface area contributed by atoms with Crippen molar-refractivity contribution in [1.82, 2.24) is 9.97 Å². The Labute approximate surface area is 256 Å². The number of nitrogens with zero attached hydrogens (tertiary/aromatic N) is 2. The second kappa shape index (κ2) is 9.46. The van der Waals surface area contributed by atoms with Gasteiger partial charge in [0.2, 0.25) is 0 Å². The van der Waals surface area contributed by atoms with Gasteiger partial charge in [0.05, 0.1) is 11.0 Å². The summed E-state index contributed by atoms with van der Waals surface area (Å²) in [5.41, 5.74) is 9.42. The molecule has 2 aliphatic carbocycles. The van der Waals surface area contributed by atoms with Gasteiger partial charge in [-0.3, -0.25) is 9.97 Å². The zero-order valence-electron chi connectivity index (χ0n) is 25.2. The van der Waals surface area contributed by atoms with Crippen molar-refractivity contribution in [3.05, 3.63) is 131 Å². The summed E-state index contributed by atoms with van der Waals surface area (Å²) in [5.74, 6) is 1.29. The van der Waals surface area contributed by atoms with Crippen LogP contribution in [0.1, 0.15) is 43.7 Å². The molecule has 0 saturated heterocycles. The van der Waals surface area contributed by atoms with Gasteiger partial charge in [-0.25, -0.2) is 0 Å². The standard InChI is InChI=1S/C42H32N2/c1-24(2)35-19-26-14-15-27(20-36(26)33-11-5-4-10-32(33)35)38-22-30(23-39-42(38)44-17-16-43-39)37-21-29-9-6-8-28-18-25(3)31-12-7-13-34(37)41(31)40(28)29/h4-25,31H,1-3H3. The highest BCUT2D eigenvalue weighted by molar-refractivity contribution is 6.11. The summed E-state index contributed by atoms with van der Waals surface area (Å²) in [6.45, 7) is 6.90. The fraction of sp³-hybridized carbons (Fsp3) is 0.143. The largest absolute Gasteiger partial charge is 0.253 e. The highest BCUT2D eigenvalue weighted by Gasteiger charge is 2.26. The average Bonchev–Trinajstić information content (AvgIpc) is 3.06. The molecule has 44 heavy (non-hydrogen) atoms. The molecule has 210 valence electrons. The first kappa shape index (κ1) is 25.4. The lowest BCUT2D eigenvalue weighted by Crippen LogP contribution is -2.28. The van der Waals surface area contributed by atoms with Crippen molar-refractivity contribution >= 4 is 55.5 Å². The Morgan fingerprint density at radius 1 is 0.705 bits per heavy atom. The predicted octanol–water partition coefficient (Wildman–Crippen LogP) is 9.41. The van der Waals surface area contributed by atoms with E-state index in [1.807, 2.05) is 6.20 Å². The molecule has 2 heteroatoms. The minimum atomic E-state index is 0.386. The lowest BCUT2D eigenvalue weighted by molar-refractivity contribution is 0.667. The molecule has 7 aromatic rings. The first-order valence-electron chi connectivity index (χ1n) is 15.7. The van der Waals surface area contributed by atoms with Crippen molar-refractivity contribution in [2.24, 2.45) is 5.92 Å². The van der Waals surface area contributed by atoms with Crippen LogP contribution in [-0.4, -0.2) is 9.97 Å². The highest BCUT2D eigenvalue weighted by Crippen LogP contribution is 2.40. The highest BCUT2D eigenvalue weighted by atomic mass is 14.8. The van der Waals surface area contributed by atoms with Gasteiger partial charge in [-0.05, 0) is 107 Å². The topological polar surface area (TPSA) is 25.8 Å². The Morgan fingerprint density at radius 2 is 1.57 bits per heavy atom. The molecule has 0 spiro atoms. The lowest BCUT2D eigenvalue weighted by Gasteiger charge is -2.28. The third-order valence-corrected chi connectivity index (χ3v) is 9.91. The van der Waals surface area contributed by atoms with E-state index < -0.39 is 0 Å². The van der Waals surface area contributed by atoms with Gasteiger partial charge in [-0.2, -0.15) is 0 Å². The molecule has 0 fully saturated rings. The summed E-state index contributed by atoms with van der Waals surface area (Å²) in [4.78, 5) is 9.70. The van der Waals surface area contributed by atoms with E-state index in [1.165, 1.54) is 65.0 Å². The third kappa shape index (κ3) is 3.67. The van der Waals surface area contributed by atoms with Crippen LogP contribution in [0.5, 0.6) is 0 Å². The summed E-state index contributed by atoms with van der Waals surface area (Å²) >= 11 is 0. The quantitative estimate of drug-likeness (QED) is 0.200. The average molecular weight is 565 g/mol. The van der Waals surface area contributed by atoms with E-state index >= 15 is 0 Å². The Balaban J connectivity index is 1.33. The lowest BCUT2D eigenvalue weighted by atomic mass is 9.75. The summed E-state index contributed by atoms with van der Waals surface area (Å²) in [7, 11) is 0. The molecule has 2 nitrogen and oxygen atoms in total. The molecule has 0 N–H and O–H groups in total. The van der Waals surface area contributed by atoms with Gasteiger partial charge in [0.15, 0.2) is 0 Å². The molecular weight excluding hydrogens is 532 g/mol. The van der Waals surface area contributed by atoms with Crippen LogP contribution in [0, 0.1) is 5.92 Å². The molecule has 6 aromatic carbocycles. The third-order valence-electron chi connectivity index (χ3n) is 9.91. The Bertz CT molecular complexity index is 2500. The minimum absolute atomic E-state index is 0.386. The number of benzene rings is 6. The summed E-state index contributed by atoms with van der Waals surface area (Å²) in [5, 5.41) is 10.6. The molecule has 0 bridgehead atoms. The Kier molecular flexibility index (Phi) is 5.47. The zero-order valence-corrected chi connectivity index (χ0v) is 25.2. The van der Waals surface area contributed by atoms with Crippen LogP contribution in [-0.2, 0) is 0 Å². The molecule has 0 radical (unpaired) electrons. The fourth-order valence-corrected chi connectivity index (χ4v) is 7.86. The van der Waals surface area contributed by atoms with Gasteiger partial charge < -0.3 is 0 Å². The molecule has 2 unspecified atom stereocenters. The molecule has 1 heterocycles. The number of fused-ring (bicyclic) bond motifs is 4. The van der Waals surface area contributed by atoms with Crippen LogP contribution in [0.2, 0.25) is 0 Å². The minimum Gasteiger partial charge on any atom is -0.253 e. The van der Waals surface area contributed by atoms with E-state index in [0.29, 0.717) is 17.8 Å². The second-order valence-corrected chi connectivity index (χ2v) is 12.8. The van der Waals surface area contributed by atoms with E-state index in [1.54, 1.807) is 6.20 Å². The smallest absolute Gasteiger partial charge is 0.0965 e. The van der Waals surface area contributed by atoms with Gasteiger partial charge >= 0.3 is 0 Å². The SMILES string of the molecule is CC(C)c1cc2ccc(-c3cc(-c4cc5cccc6c5c5c4=CC=CC5C(C)C=6)cc4nccnc34)cc2c2ccccc12. The molecule has 0 saturated carbocycles. The van der Waals surface area contributed by atoms with Gasteiger partial charge in [0, 0.05) is 23.9 Å². The van der Waals surface area contributed by atoms with Crippen molar-refractivity contribution in [2.45, 2.75) is 32.6 Å². The van der Waals surface area contributed by atoms with E-state index in [4.69, 9.17) is 9.97 Å². The first-order chi connectivity index (χ1) is 21.5. The maximum atomic E-state index is 4.87. The van der Waals surface area contributed by atoms with Crippen LogP contribution < -0.4 is 10.4 Å². The van der Waals surface area contributed by atoms with E-state index in [0.717, 1.165) is 22.2 Å². The maximum absolute atomic E-state index is 4.87. The monoisotopic (exact) mass is 564 g/mol. The number of hydrogen-bond donors (Lipinski definition) is 0.